The lowest BCUT2D eigenvalue weighted by Gasteiger charge is -2.03. The van der Waals surface area contributed by atoms with Gasteiger partial charge in [0, 0.05) is 18.6 Å². The molecule has 1 fully saturated rings. The van der Waals surface area contributed by atoms with E-state index in [0.29, 0.717) is 12.1 Å². The minimum absolute atomic E-state index is 0.713. The van der Waals surface area contributed by atoms with Crippen LogP contribution in [-0.2, 0) is 0 Å². The smallest absolute Gasteiger partial charge is 0.0204 e. The lowest BCUT2D eigenvalue weighted by molar-refractivity contribution is 0.595. The Labute approximate surface area is 50.7 Å². The molecule has 0 aromatic rings. The van der Waals surface area contributed by atoms with Crippen molar-refractivity contribution in [3.05, 3.63) is 0 Å². The Morgan fingerprint density at radius 3 is 2.62 bits per heavy atom. The van der Waals surface area contributed by atoms with Gasteiger partial charge in [-0.2, -0.15) is 0 Å². The van der Waals surface area contributed by atoms with Crippen molar-refractivity contribution in [1.29, 1.82) is 0 Å². The molecule has 0 amide bonds. The summed E-state index contributed by atoms with van der Waals surface area (Å²) in [5.74, 6) is 0. The Morgan fingerprint density at radius 2 is 2.38 bits per heavy atom. The second-order valence-electron chi connectivity index (χ2n) is 2.53. The van der Waals surface area contributed by atoms with Crippen molar-refractivity contribution in [3.63, 3.8) is 0 Å². The maximum atomic E-state index is 3.36. The monoisotopic (exact) mass is 114 g/mol. The van der Waals surface area contributed by atoms with Gasteiger partial charge in [-0.1, -0.05) is 0 Å². The summed E-state index contributed by atoms with van der Waals surface area (Å²) in [5, 5.41) is 6.59. The quantitative estimate of drug-likeness (QED) is 0.499. The first-order valence-electron chi connectivity index (χ1n) is 3.23. The SMILES string of the molecule is CNC1CNC(C)C1. The fourth-order valence-electron chi connectivity index (χ4n) is 1.16. The molecule has 0 spiro atoms. The van der Waals surface area contributed by atoms with Crippen LogP contribution < -0.4 is 10.6 Å². The summed E-state index contributed by atoms with van der Waals surface area (Å²) in [6, 6.07) is 1.43. The fourth-order valence-corrected chi connectivity index (χ4v) is 1.16. The van der Waals surface area contributed by atoms with Crippen molar-refractivity contribution >= 4 is 0 Å². The van der Waals surface area contributed by atoms with E-state index in [1.807, 2.05) is 7.05 Å². The zero-order valence-corrected chi connectivity index (χ0v) is 5.57. The van der Waals surface area contributed by atoms with Crippen molar-refractivity contribution in [1.82, 2.24) is 10.6 Å². The average molecular weight is 114 g/mol. The van der Waals surface area contributed by atoms with Gasteiger partial charge in [-0.15, -0.1) is 0 Å². The van der Waals surface area contributed by atoms with Crippen LogP contribution in [0.1, 0.15) is 13.3 Å². The van der Waals surface area contributed by atoms with E-state index in [1.165, 1.54) is 6.42 Å². The van der Waals surface area contributed by atoms with E-state index in [2.05, 4.69) is 17.6 Å². The molecule has 0 saturated carbocycles. The molecule has 0 aromatic carbocycles. The van der Waals surface area contributed by atoms with E-state index < -0.39 is 0 Å². The van der Waals surface area contributed by atoms with E-state index in [0.717, 1.165) is 6.54 Å². The molecular weight excluding hydrogens is 100 g/mol. The molecular formula is C6H14N2. The van der Waals surface area contributed by atoms with Crippen molar-refractivity contribution in [2.75, 3.05) is 13.6 Å². The Bertz CT molecular complexity index is 72.9. The molecule has 0 aliphatic carbocycles. The molecule has 1 saturated heterocycles. The second-order valence-corrected chi connectivity index (χ2v) is 2.53. The fraction of sp³-hybridized carbons (Fsp3) is 1.00. The van der Waals surface area contributed by atoms with Gasteiger partial charge >= 0.3 is 0 Å². The third kappa shape index (κ3) is 1.20. The normalized spacial score (nSPS) is 38.2. The Balaban J connectivity index is 2.22. The first-order chi connectivity index (χ1) is 3.83. The number of hydrogen-bond acceptors (Lipinski definition) is 2. The minimum Gasteiger partial charge on any atom is -0.316 e. The van der Waals surface area contributed by atoms with Crippen LogP contribution in [0.5, 0.6) is 0 Å². The molecule has 2 N–H and O–H groups in total. The van der Waals surface area contributed by atoms with Crippen LogP contribution in [0.2, 0.25) is 0 Å². The summed E-state index contributed by atoms with van der Waals surface area (Å²) in [6.45, 7) is 3.36. The van der Waals surface area contributed by atoms with Crippen LogP contribution in [0.4, 0.5) is 0 Å². The summed E-state index contributed by atoms with van der Waals surface area (Å²) in [5.41, 5.74) is 0. The molecule has 2 nitrogen and oxygen atoms in total. The van der Waals surface area contributed by atoms with Gasteiger partial charge in [0.2, 0.25) is 0 Å². The molecule has 0 bridgehead atoms. The van der Waals surface area contributed by atoms with Crippen LogP contribution in [0.15, 0.2) is 0 Å². The Kier molecular flexibility index (Phi) is 1.86. The predicted octanol–water partition coefficient (Wildman–Crippen LogP) is -0.0438. The standard InChI is InChI=1S/C6H14N2/c1-5-3-6(7-2)4-8-5/h5-8H,3-4H2,1-2H3. The number of nitrogens with one attached hydrogen (secondary N) is 2. The summed E-state index contributed by atoms with van der Waals surface area (Å²) in [4.78, 5) is 0. The highest BCUT2D eigenvalue weighted by Crippen LogP contribution is 2.03. The molecule has 1 heterocycles. The van der Waals surface area contributed by atoms with Gasteiger partial charge < -0.3 is 10.6 Å². The van der Waals surface area contributed by atoms with Gasteiger partial charge in [-0.05, 0) is 20.4 Å². The first kappa shape index (κ1) is 6.05. The zero-order chi connectivity index (χ0) is 5.98. The van der Waals surface area contributed by atoms with Crippen molar-refractivity contribution in [2.45, 2.75) is 25.4 Å². The van der Waals surface area contributed by atoms with Gasteiger partial charge in [0.05, 0.1) is 0 Å². The molecule has 1 aliphatic rings. The second kappa shape index (κ2) is 2.46. The summed E-state index contributed by atoms with van der Waals surface area (Å²) < 4.78 is 0. The average Bonchev–Trinajstić information content (AvgIpc) is 2.14. The van der Waals surface area contributed by atoms with Gasteiger partial charge in [0.15, 0.2) is 0 Å². The summed E-state index contributed by atoms with van der Waals surface area (Å²) >= 11 is 0. The predicted molar refractivity (Wildman–Crippen MR) is 34.9 cm³/mol. The van der Waals surface area contributed by atoms with Crippen molar-refractivity contribution in [2.24, 2.45) is 0 Å². The molecule has 1 rings (SSSR count). The van der Waals surface area contributed by atoms with Crippen LogP contribution in [-0.4, -0.2) is 25.7 Å². The minimum atomic E-state index is 0.713. The number of rotatable bonds is 1. The topological polar surface area (TPSA) is 24.1 Å². The van der Waals surface area contributed by atoms with Crippen LogP contribution in [0, 0.1) is 0 Å². The van der Waals surface area contributed by atoms with E-state index in [1.54, 1.807) is 0 Å². The third-order valence-electron chi connectivity index (χ3n) is 1.76. The maximum Gasteiger partial charge on any atom is 0.0204 e. The van der Waals surface area contributed by atoms with Gasteiger partial charge in [-0.25, -0.2) is 0 Å². The molecule has 2 heteroatoms. The zero-order valence-electron chi connectivity index (χ0n) is 5.57. The maximum absolute atomic E-state index is 3.36. The highest BCUT2D eigenvalue weighted by Gasteiger charge is 2.17. The first-order valence-corrected chi connectivity index (χ1v) is 3.23. The van der Waals surface area contributed by atoms with E-state index in [-0.39, 0.29) is 0 Å². The molecule has 1 aliphatic heterocycles. The van der Waals surface area contributed by atoms with E-state index in [9.17, 15) is 0 Å². The molecule has 2 unspecified atom stereocenters. The lowest BCUT2D eigenvalue weighted by Crippen LogP contribution is -2.26. The molecule has 48 valence electrons. The number of likely N-dealkylation sites (N-methyl/N-ethyl adjacent to an activating group) is 1. The van der Waals surface area contributed by atoms with Crippen LogP contribution in [0.3, 0.4) is 0 Å². The lowest BCUT2D eigenvalue weighted by atomic mass is 10.2. The van der Waals surface area contributed by atoms with Crippen molar-refractivity contribution in [3.8, 4) is 0 Å². The highest BCUT2D eigenvalue weighted by atomic mass is 15.0. The highest BCUT2D eigenvalue weighted by molar-refractivity contribution is 4.81. The molecule has 8 heavy (non-hydrogen) atoms. The molecule has 2 atom stereocenters. The molecule has 0 aromatic heterocycles. The van der Waals surface area contributed by atoms with Gasteiger partial charge in [0.25, 0.3) is 0 Å². The molecule has 0 radical (unpaired) electrons. The van der Waals surface area contributed by atoms with Gasteiger partial charge in [-0.3, -0.25) is 0 Å². The van der Waals surface area contributed by atoms with Gasteiger partial charge in [0.1, 0.15) is 0 Å². The van der Waals surface area contributed by atoms with Crippen LogP contribution in [0.25, 0.3) is 0 Å². The Hall–Kier alpha value is -0.0800. The number of hydrogen-bond donors (Lipinski definition) is 2. The summed E-state index contributed by atoms with van der Waals surface area (Å²) in [6.07, 6.45) is 1.27. The largest absolute Gasteiger partial charge is 0.316 e. The Morgan fingerprint density at radius 1 is 1.62 bits per heavy atom. The van der Waals surface area contributed by atoms with Crippen LogP contribution >= 0.6 is 0 Å². The van der Waals surface area contributed by atoms with E-state index in [4.69, 9.17) is 0 Å². The third-order valence-corrected chi connectivity index (χ3v) is 1.76. The summed E-state index contributed by atoms with van der Waals surface area (Å²) in [7, 11) is 2.02. The van der Waals surface area contributed by atoms with Crippen molar-refractivity contribution < 1.29 is 0 Å². The van der Waals surface area contributed by atoms with E-state index >= 15 is 0 Å².